The molecule has 18 heavy (non-hydrogen) atoms. The zero-order valence-corrected chi connectivity index (χ0v) is 11.6. The van der Waals surface area contributed by atoms with E-state index in [0.29, 0.717) is 6.54 Å². The van der Waals surface area contributed by atoms with Crippen molar-refractivity contribution in [1.82, 2.24) is 5.32 Å². The predicted molar refractivity (Wildman–Crippen MR) is 71.9 cm³/mol. The maximum atomic E-state index is 9.21. The van der Waals surface area contributed by atoms with Gasteiger partial charge < -0.3 is 20.3 Å². The number of ether oxygens (including phenoxy) is 1. The van der Waals surface area contributed by atoms with Gasteiger partial charge in [-0.05, 0) is 37.5 Å². The van der Waals surface area contributed by atoms with Crippen LogP contribution in [-0.4, -0.2) is 36.1 Å². The summed E-state index contributed by atoms with van der Waals surface area (Å²) in [4.78, 5) is 0. The van der Waals surface area contributed by atoms with Crippen LogP contribution >= 0.6 is 0 Å². The Bertz CT molecular complexity index is 377. The molecular weight excluding hydrogens is 230 g/mol. The maximum Gasteiger partial charge on any atom is 0.124 e. The van der Waals surface area contributed by atoms with Gasteiger partial charge >= 0.3 is 0 Å². The number of aliphatic hydroxyl groups is 2. The third kappa shape index (κ3) is 3.45. The molecule has 0 atom stereocenters. The topological polar surface area (TPSA) is 61.7 Å². The van der Waals surface area contributed by atoms with Gasteiger partial charge in [0.1, 0.15) is 5.75 Å². The van der Waals surface area contributed by atoms with Crippen molar-refractivity contribution in [2.75, 3.05) is 20.3 Å². The van der Waals surface area contributed by atoms with Crippen LogP contribution in [0.25, 0.3) is 0 Å². The number of aliphatic hydroxyl groups excluding tert-OH is 2. The van der Waals surface area contributed by atoms with E-state index in [4.69, 9.17) is 4.74 Å². The molecule has 4 heteroatoms. The van der Waals surface area contributed by atoms with Crippen LogP contribution in [0.15, 0.2) is 12.1 Å². The van der Waals surface area contributed by atoms with E-state index in [1.54, 1.807) is 14.0 Å². The van der Waals surface area contributed by atoms with Crippen molar-refractivity contribution in [2.24, 2.45) is 0 Å². The Morgan fingerprint density at radius 3 is 2.06 bits per heavy atom. The van der Waals surface area contributed by atoms with E-state index in [-0.39, 0.29) is 13.2 Å². The lowest BCUT2D eigenvalue weighted by molar-refractivity contribution is 0.103. The average molecular weight is 253 g/mol. The van der Waals surface area contributed by atoms with Gasteiger partial charge in [-0.15, -0.1) is 0 Å². The third-order valence-corrected chi connectivity index (χ3v) is 3.14. The number of hydrogen-bond donors (Lipinski definition) is 3. The quantitative estimate of drug-likeness (QED) is 0.711. The van der Waals surface area contributed by atoms with E-state index < -0.39 is 5.54 Å². The van der Waals surface area contributed by atoms with Crippen molar-refractivity contribution in [2.45, 2.75) is 32.9 Å². The van der Waals surface area contributed by atoms with Crippen LogP contribution < -0.4 is 10.1 Å². The molecule has 1 aromatic rings. The molecule has 0 radical (unpaired) electrons. The molecular formula is C14H23NO3. The second kappa shape index (κ2) is 6.18. The van der Waals surface area contributed by atoms with E-state index >= 15 is 0 Å². The van der Waals surface area contributed by atoms with Gasteiger partial charge in [-0.2, -0.15) is 0 Å². The van der Waals surface area contributed by atoms with Crippen molar-refractivity contribution in [1.29, 1.82) is 0 Å². The molecule has 0 spiro atoms. The Kier molecular flexibility index (Phi) is 5.14. The first-order valence-electron chi connectivity index (χ1n) is 6.06. The number of rotatable bonds is 6. The number of hydrogen-bond acceptors (Lipinski definition) is 4. The van der Waals surface area contributed by atoms with Crippen molar-refractivity contribution in [3.05, 3.63) is 28.8 Å². The minimum Gasteiger partial charge on any atom is -0.496 e. The number of aryl methyl sites for hydroxylation is 2. The summed E-state index contributed by atoms with van der Waals surface area (Å²) in [5.41, 5.74) is 2.63. The molecule has 102 valence electrons. The van der Waals surface area contributed by atoms with E-state index in [0.717, 1.165) is 22.4 Å². The van der Waals surface area contributed by atoms with Crippen molar-refractivity contribution >= 4 is 0 Å². The lowest BCUT2D eigenvalue weighted by Gasteiger charge is -2.26. The molecule has 4 nitrogen and oxygen atoms in total. The number of benzene rings is 1. The summed E-state index contributed by atoms with van der Waals surface area (Å²) >= 11 is 0. The Labute approximate surface area is 109 Å². The SMILES string of the molecule is COc1c(C)cc(CNC(C)(CO)CO)cc1C. The van der Waals surface area contributed by atoms with Gasteiger partial charge in [0.05, 0.1) is 25.9 Å². The Balaban J connectivity index is 2.81. The highest BCUT2D eigenvalue weighted by atomic mass is 16.5. The van der Waals surface area contributed by atoms with E-state index in [1.165, 1.54) is 0 Å². The standard InChI is InChI=1S/C14H23NO3/c1-10-5-12(6-11(2)13(10)18-4)7-15-14(3,8-16)9-17/h5-6,15-17H,7-9H2,1-4H3. The largest absolute Gasteiger partial charge is 0.496 e. The highest BCUT2D eigenvalue weighted by Crippen LogP contribution is 2.24. The zero-order valence-electron chi connectivity index (χ0n) is 11.6. The van der Waals surface area contributed by atoms with Crippen LogP contribution in [0.1, 0.15) is 23.6 Å². The van der Waals surface area contributed by atoms with Crippen molar-refractivity contribution < 1.29 is 14.9 Å². The van der Waals surface area contributed by atoms with Gasteiger partial charge in [0.15, 0.2) is 0 Å². The molecule has 0 unspecified atom stereocenters. The van der Waals surface area contributed by atoms with Gasteiger partial charge in [0, 0.05) is 6.54 Å². The molecule has 0 aromatic heterocycles. The lowest BCUT2D eigenvalue weighted by atomic mass is 10.0. The molecule has 0 fully saturated rings. The minimum absolute atomic E-state index is 0.0996. The summed E-state index contributed by atoms with van der Waals surface area (Å²) in [7, 11) is 1.67. The van der Waals surface area contributed by atoms with Crippen LogP contribution in [-0.2, 0) is 6.54 Å². The average Bonchev–Trinajstić information content (AvgIpc) is 2.36. The zero-order chi connectivity index (χ0) is 13.8. The summed E-state index contributed by atoms with van der Waals surface area (Å²) in [6.45, 7) is 6.20. The molecule has 0 aliphatic heterocycles. The van der Waals surface area contributed by atoms with E-state index in [1.807, 2.05) is 26.0 Å². The van der Waals surface area contributed by atoms with Crippen molar-refractivity contribution in [3.63, 3.8) is 0 Å². The molecule has 0 saturated heterocycles. The first-order valence-corrected chi connectivity index (χ1v) is 6.06. The van der Waals surface area contributed by atoms with Crippen LogP contribution in [0.4, 0.5) is 0 Å². The van der Waals surface area contributed by atoms with Crippen LogP contribution in [0.5, 0.6) is 5.75 Å². The lowest BCUT2D eigenvalue weighted by Crippen LogP contribution is -2.48. The molecule has 0 aliphatic rings. The molecule has 1 aromatic carbocycles. The number of nitrogens with one attached hydrogen (secondary N) is 1. The Morgan fingerprint density at radius 1 is 1.17 bits per heavy atom. The molecule has 0 amide bonds. The van der Waals surface area contributed by atoms with Gasteiger partial charge in [-0.1, -0.05) is 12.1 Å². The first-order chi connectivity index (χ1) is 8.45. The summed E-state index contributed by atoms with van der Waals surface area (Å²) < 4.78 is 5.32. The first kappa shape index (κ1) is 15.0. The summed E-state index contributed by atoms with van der Waals surface area (Å²) in [5.74, 6) is 0.908. The highest BCUT2D eigenvalue weighted by molar-refractivity contribution is 5.43. The normalized spacial score (nSPS) is 11.7. The van der Waals surface area contributed by atoms with E-state index in [2.05, 4.69) is 5.32 Å². The third-order valence-electron chi connectivity index (χ3n) is 3.14. The smallest absolute Gasteiger partial charge is 0.124 e. The summed E-state index contributed by atoms with van der Waals surface area (Å²) in [5, 5.41) is 21.6. The minimum atomic E-state index is -0.651. The Morgan fingerprint density at radius 2 is 1.67 bits per heavy atom. The summed E-state index contributed by atoms with van der Waals surface area (Å²) in [6, 6.07) is 4.10. The van der Waals surface area contributed by atoms with E-state index in [9.17, 15) is 10.2 Å². The predicted octanol–water partition coefficient (Wildman–Crippen LogP) is 1.14. The van der Waals surface area contributed by atoms with Crippen molar-refractivity contribution in [3.8, 4) is 5.75 Å². The molecule has 0 saturated carbocycles. The van der Waals surface area contributed by atoms with Gasteiger partial charge in [-0.3, -0.25) is 0 Å². The molecule has 0 heterocycles. The van der Waals surface area contributed by atoms with Crippen LogP contribution in [0.2, 0.25) is 0 Å². The van der Waals surface area contributed by atoms with Gasteiger partial charge in [0.2, 0.25) is 0 Å². The Hall–Kier alpha value is -1.10. The molecule has 0 bridgehead atoms. The molecule has 3 N–H and O–H groups in total. The monoisotopic (exact) mass is 253 g/mol. The fourth-order valence-corrected chi connectivity index (χ4v) is 1.94. The fourth-order valence-electron chi connectivity index (χ4n) is 1.94. The van der Waals surface area contributed by atoms with Gasteiger partial charge in [-0.25, -0.2) is 0 Å². The second-order valence-corrected chi connectivity index (χ2v) is 4.99. The number of methoxy groups -OCH3 is 1. The summed E-state index contributed by atoms with van der Waals surface area (Å²) in [6.07, 6.45) is 0. The van der Waals surface area contributed by atoms with Crippen LogP contribution in [0.3, 0.4) is 0 Å². The second-order valence-electron chi connectivity index (χ2n) is 4.99. The fraction of sp³-hybridized carbons (Fsp3) is 0.571. The molecule has 0 aliphatic carbocycles. The van der Waals surface area contributed by atoms with Gasteiger partial charge in [0.25, 0.3) is 0 Å². The van der Waals surface area contributed by atoms with Crippen LogP contribution in [0, 0.1) is 13.8 Å². The highest BCUT2D eigenvalue weighted by Gasteiger charge is 2.21. The maximum absolute atomic E-state index is 9.21. The molecule has 1 rings (SSSR count).